The second-order valence-electron chi connectivity index (χ2n) is 8.22. The van der Waals surface area contributed by atoms with Crippen LogP contribution >= 0.6 is 0 Å². The molecule has 1 fully saturated rings. The number of halogens is 1. The minimum absolute atomic E-state index is 0.235. The fourth-order valence-electron chi connectivity index (χ4n) is 4.70. The van der Waals surface area contributed by atoms with E-state index in [-0.39, 0.29) is 5.82 Å². The molecule has 1 unspecified atom stereocenters. The minimum atomic E-state index is -0.235. The molecule has 29 heavy (non-hydrogen) atoms. The summed E-state index contributed by atoms with van der Waals surface area (Å²) >= 11 is 0. The van der Waals surface area contributed by atoms with Gasteiger partial charge in [-0.25, -0.2) is 4.39 Å². The van der Waals surface area contributed by atoms with Crippen LogP contribution in [0.25, 0.3) is 0 Å². The van der Waals surface area contributed by atoms with Crippen molar-refractivity contribution < 1.29 is 4.39 Å². The van der Waals surface area contributed by atoms with Crippen molar-refractivity contribution in [3.05, 3.63) is 71.5 Å². The van der Waals surface area contributed by atoms with Crippen molar-refractivity contribution in [2.75, 3.05) is 0 Å². The summed E-state index contributed by atoms with van der Waals surface area (Å²) in [6, 6.07) is 16.8. The minimum Gasteiger partial charge on any atom is -0.207 e. The lowest BCUT2D eigenvalue weighted by molar-refractivity contribution is 0.212. The molecule has 3 rings (SSSR count). The van der Waals surface area contributed by atoms with Gasteiger partial charge in [0.2, 0.25) is 0 Å². The van der Waals surface area contributed by atoms with E-state index in [1.807, 2.05) is 6.07 Å². The van der Waals surface area contributed by atoms with Crippen LogP contribution < -0.4 is 0 Å². The van der Waals surface area contributed by atoms with Crippen LogP contribution in [0, 0.1) is 23.6 Å². The Morgan fingerprint density at radius 3 is 2.31 bits per heavy atom. The molecule has 0 aromatic heterocycles. The van der Waals surface area contributed by atoms with Crippen molar-refractivity contribution in [3.63, 3.8) is 0 Å². The second-order valence-corrected chi connectivity index (χ2v) is 8.22. The van der Waals surface area contributed by atoms with Crippen molar-refractivity contribution in [1.29, 1.82) is 0 Å². The van der Waals surface area contributed by atoms with Gasteiger partial charge in [-0.15, -0.1) is 0 Å². The summed E-state index contributed by atoms with van der Waals surface area (Å²) in [6.07, 6.45) is 10.6. The van der Waals surface area contributed by atoms with E-state index in [1.54, 1.807) is 18.3 Å². The van der Waals surface area contributed by atoms with Gasteiger partial charge in [-0.1, -0.05) is 75.6 Å². The lowest BCUT2D eigenvalue weighted by Crippen LogP contribution is -2.26. The van der Waals surface area contributed by atoms with E-state index in [9.17, 15) is 4.39 Å². The lowest BCUT2D eigenvalue weighted by Gasteiger charge is -2.34. The molecule has 0 spiro atoms. The monoisotopic (exact) mass is 392 g/mol. The Balaban J connectivity index is 1.74. The third kappa shape index (κ3) is 6.09. The summed E-state index contributed by atoms with van der Waals surface area (Å²) in [6.45, 7) is 4.64. The smallest absolute Gasteiger partial charge is 0.123 e. The Bertz CT molecular complexity index is 787. The van der Waals surface area contributed by atoms with Gasteiger partial charge in [0.1, 0.15) is 5.82 Å². The van der Waals surface area contributed by atoms with E-state index in [0.29, 0.717) is 5.92 Å². The molecule has 0 N–H and O–H groups in total. The van der Waals surface area contributed by atoms with Crippen LogP contribution in [-0.2, 0) is 0 Å². The molecule has 154 valence electrons. The molecule has 1 aliphatic carbocycles. The molecule has 0 amide bonds. The molecule has 2 nitrogen and oxygen atoms in total. The van der Waals surface area contributed by atoms with Crippen molar-refractivity contribution in [2.24, 2.45) is 28.0 Å². The highest BCUT2D eigenvalue weighted by molar-refractivity contribution is 6.02. The van der Waals surface area contributed by atoms with Gasteiger partial charge in [-0.05, 0) is 60.8 Å². The van der Waals surface area contributed by atoms with E-state index in [4.69, 9.17) is 0 Å². The van der Waals surface area contributed by atoms with Gasteiger partial charge in [-0.3, -0.25) is 0 Å². The Hall–Kier alpha value is -2.29. The highest BCUT2D eigenvalue weighted by Crippen LogP contribution is 2.38. The van der Waals surface area contributed by atoms with Crippen LogP contribution in [0.5, 0.6) is 0 Å². The van der Waals surface area contributed by atoms with Gasteiger partial charge in [0, 0.05) is 5.92 Å². The fourth-order valence-corrected chi connectivity index (χ4v) is 4.70. The van der Waals surface area contributed by atoms with Gasteiger partial charge in [0.05, 0.1) is 11.9 Å². The van der Waals surface area contributed by atoms with Gasteiger partial charge in [-0.2, -0.15) is 10.2 Å². The van der Waals surface area contributed by atoms with Crippen LogP contribution in [0.3, 0.4) is 0 Å². The zero-order valence-electron chi connectivity index (χ0n) is 17.7. The highest BCUT2D eigenvalue weighted by Gasteiger charge is 2.29. The molecule has 1 atom stereocenters. The first-order valence-electron chi connectivity index (χ1n) is 11.1. The molecule has 0 bridgehead atoms. The maximum atomic E-state index is 13.1. The summed E-state index contributed by atoms with van der Waals surface area (Å²) in [5.41, 5.74) is 3.11. The number of nitrogens with zero attached hydrogens (tertiary/aromatic N) is 2. The Kier molecular flexibility index (Phi) is 8.15. The Labute approximate surface area is 175 Å². The second kappa shape index (κ2) is 11.0. The Morgan fingerprint density at radius 2 is 1.69 bits per heavy atom. The van der Waals surface area contributed by atoms with Crippen LogP contribution in [0.4, 0.5) is 4.39 Å². The fraction of sp³-hybridized carbons (Fsp3) is 0.462. The van der Waals surface area contributed by atoms with E-state index in [1.165, 1.54) is 57.1 Å². The summed E-state index contributed by atoms with van der Waals surface area (Å²) < 4.78 is 13.1. The van der Waals surface area contributed by atoms with Crippen molar-refractivity contribution in [3.8, 4) is 0 Å². The van der Waals surface area contributed by atoms with Crippen molar-refractivity contribution in [2.45, 2.75) is 58.8 Å². The SMILES string of the molecule is CCCC(CC)C1CCC(C(=NN=Cc2ccc(F)cc2)c2ccccc2)CC1. The molecule has 0 aliphatic heterocycles. The largest absolute Gasteiger partial charge is 0.207 e. The Morgan fingerprint density at radius 1 is 1.00 bits per heavy atom. The topological polar surface area (TPSA) is 24.7 Å². The van der Waals surface area contributed by atoms with Gasteiger partial charge >= 0.3 is 0 Å². The number of hydrogen-bond donors (Lipinski definition) is 0. The maximum Gasteiger partial charge on any atom is 0.123 e. The van der Waals surface area contributed by atoms with Crippen LogP contribution in [-0.4, -0.2) is 11.9 Å². The highest BCUT2D eigenvalue weighted by atomic mass is 19.1. The zero-order valence-corrected chi connectivity index (χ0v) is 17.7. The molecule has 2 aromatic carbocycles. The summed E-state index contributed by atoms with van der Waals surface area (Å²) in [7, 11) is 0. The first-order valence-corrected chi connectivity index (χ1v) is 11.1. The molecule has 2 aromatic rings. The first kappa shape index (κ1) is 21.4. The molecule has 1 aliphatic rings. The molecule has 3 heteroatoms. The average Bonchev–Trinajstić information content (AvgIpc) is 2.77. The third-order valence-corrected chi connectivity index (χ3v) is 6.32. The normalized spacial score (nSPS) is 21.4. The predicted octanol–water partition coefficient (Wildman–Crippen LogP) is 7.28. The molecule has 1 saturated carbocycles. The summed E-state index contributed by atoms with van der Waals surface area (Å²) in [5, 5.41) is 9.02. The van der Waals surface area contributed by atoms with Gasteiger partial charge < -0.3 is 0 Å². The van der Waals surface area contributed by atoms with Crippen LogP contribution in [0.15, 0.2) is 64.8 Å². The van der Waals surface area contributed by atoms with E-state index < -0.39 is 0 Å². The molecular weight excluding hydrogens is 359 g/mol. The van der Waals surface area contributed by atoms with Crippen LogP contribution in [0.1, 0.15) is 69.9 Å². The zero-order chi connectivity index (χ0) is 20.5. The van der Waals surface area contributed by atoms with Gasteiger partial charge in [0.15, 0.2) is 0 Å². The number of hydrogen-bond acceptors (Lipinski definition) is 2. The first-order chi connectivity index (χ1) is 14.2. The molecule has 0 heterocycles. The number of benzene rings is 2. The predicted molar refractivity (Wildman–Crippen MR) is 121 cm³/mol. The molecule has 0 saturated heterocycles. The summed E-state index contributed by atoms with van der Waals surface area (Å²) in [4.78, 5) is 0. The molecule has 0 radical (unpaired) electrons. The van der Waals surface area contributed by atoms with Crippen LogP contribution in [0.2, 0.25) is 0 Å². The maximum absolute atomic E-state index is 13.1. The standard InChI is InChI=1S/C26H33FN2/c1-3-8-21(4-2)22-13-15-24(16-14-22)26(23-9-6-5-7-10-23)29-28-19-20-11-17-25(27)18-12-20/h5-7,9-12,17-19,21-22,24H,3-4,8,13-16H2,1-2H3. The quantitative estimate of drug-likeness (QED) is 0.333. The third-order valence-electron chi connectivity index (χ3n) is 6.32. The number of rotatable bonds is 8. The van der Waals surface area contributed by atoms with E-state index in [2.05, 4.69) is 48.3 Å². The van der Waals surface area contributed by atoms with E-state index in [0.717, 1.165) is 28.7 Å². The van der Waals surface area contributed by atoms with E-state index >= 15 is 0 Å². The van der Waals surface area contributed by atoms with Crippen molar-refractivity contribution >= 4 is 11.9 Å². The van der Waals surface area contributed by atoms with Gasteiger partial charge in [0.25, 0.3) is 0 Å². The molecular formula is C26H33FN2. The summed E-state index contributed by atoms with van der Waals surface area (Å²) in [5.74, 6) is 1.95. The van der Waals surface area contributed by atoms with Crippen molar-refractivity contribution in [1.82, 2.24) is 0 Å². The lowest BCUT2D eigenvalue weighted by atomic mass is 9.72. The average molecular weight is 393 g/mol.